The van der Waals surface area contributed by atoms with Gasteiger partial charge in [0, 0.05) is 34.1 Å². The van der Waals surface area contributed by atoms with Crippen LogP contribution >= 0.6 is 8.58 Å². The van der Waals surface area contributed by atoms with Crippen LogP contribution in [0.1, 0.15) is 0 Å². The summed E-state index contributed by atoms with van der Waals surface area (Å²) >= 11 is 0. The lowest BCUT2D eigenvalue weighted by atomic mass is 10.3. The SMILES string of the molecule is Nc1cccc(Oc2ccccc2Pc2ccccc2Oc2cccc(N)c2)c1. The number of nitrogens with two attached hydrogens (primary N) is 2. The summed E-state index contributed by atoms with van der Waals surface area (Å²) in [5, 5.41) is 2.16. The van der Waals surface area contributed by atoms with Gasteiger partial charge in [0.1, 0.15) is 23.0 Å². The van der Waals surface area contributed by atoms with E-state index in [9.17, 15) is 0 Å². The average Bonchev–Trinajstić information content (AvgIpc) is 2.71. The van der Waals surface area contributed by atoms with Crippen molar-refractivity contribution in [2.75, 3.05) is 11.5 Å². The van der Waals surface area contributed by atoms with Crippen molar-refractivity contribution in [3.8, 4) is 23.0 Å². The van der Waals surface area contributed by atoms with Crippen LogP contribution in [0.5, 0.6) is 23.0 Å². The molecule has 144 valence electrons. The van der Waals surface area contributed by atoms with E-state index in [4.69, 9.17) is 20.9 Å². The number of nitrogen functional groups attached to an aromatic ring is 2. The first-order valence-corrected chi connectivity index (χ1v) is 10.2. The average molecular weight is 400 g/mol. The van der Waals surface area contributed by atoms with Gasteiger partial charge < -0.3 is 20.9 Å². The highest BCUT2D eigenvalue weighted by Crippen LogP contribution is 2.30. The fraction of sp³-hybridized carbons (Fsp3) is 0. The van der Waals surface area contributed by atoms with Crippen molar-refractivity contribution in [2.24, 2.45) is 0 Å². The predicted molar refractivity (Wildman–Crippen MR) is 122 cm³/mol. The molecule has 0 aliphatic carbocycles. The molecule has 0 spiro atoms. The van der Waals surface area contributed by atoms with Gasteiger partial charge in [-0.25, -0.2) is 0 Å². The summed E-state index contributed by atoms with van der Waals surface area (Å²) < 4.78 is 12.2. The molecule has 0 radical (unpaired) electrons. The minimum Gasteiger partial charge on any atom is -0.457 e. The van der Waals surface area contributed by atoms with Gasteiger partial charge in [-0.2, -0.15) is 0 Å². The second-order valence-corrected chi connectivity index (χ2v) is 7.79. The maximum absolute atomic E-state index is 6.11. The molecule has 4 nitrogen and oxygen atoms in total. The van der Waals surface area contributed by atoms with Crippen LogP contribution in [0.25, 0.3) is 0 Å². The zero-order chi connectivity index (χ0) is 20.1. The Balaban J connectivity index is 1.60. The van der Waals surface area contributed by atoms with Crippen LogP contribution in [0.4, 0.5) is 11.4 Å². The number of anilines is 2. The van der Waals surface area contributed by atoms with Crippen molar-refractivity contribution < 1.29 is 9.47 Å². The lowest BCUT2D eigenvalue weighted by Gasteiger charge is -2.14. The van der Waals surface area contributed by atoms with Crippen molar-refractivity contribution in [3.63, 3.8) is 0 Å². The van der Waals surface area contributed by atoms with Crippen LogP contribution in [0.2, 0.25) is 0 Å². The minimum absolute atomic E-state index is 0.360. The van der Waals surface area contributed by atoms with Gasteiger partial charge in [-0.15, -0.1) is 0 Å². The highest BCUT2D eigenvalue weighted by atomic mass is 31.1. The van der Waals surface area contributed by atoms with E-state index in [0.29, 0.717) is 31.5 Å². The van der Waals surface area contributed by atoms with Gasteiger partial charge in [-0.1, -0.05) is 57.1 Å². The van der Waals surface area contributed by atoms with E-state index in [-0.39, 0.29) is 0 Å². The summed E-state index contributed by atoms with van der Waals surface area (Å²) in [5.74, 6) is 3.03. The second-order valence-electron chi connectivity index (χ2n) is 6.47. The highest BCUT2D eigenvalue weighted by Gasteiger charge is 2.10. The number of hydrogen-bond acceptors (Lipinski definition) is 4. The van der Waals surface area contributed by atoms with E-state index in [1.165, 1.54) is 0 Å². The van der Waals surface area contributed by atoms with Gasteiger partial charge in [-0.05, 0) is 36.4 Å². The zero-order valence-electron chi connectivity index (χ0n) is 15.7. The van der Waals surface area contributed by atoms with Gasteiger partial charge in [0.15, 0.2) is 0 Å². The molecule has 0 aliphatic heterocycles. The molecule has 4 aromatic rings. The van der Waals surface area contributed by atoms with Crippen LogP contribution in [0.3, 0.4) is 0 Å². The van der Waals surface area contributed by atoms with Gasteiger partial charge in [0.2, 0.25) is 0 Å². The smallest absolute Gasteiger partial charge is 0.135 e. The van der Waals surface area contributed by atoms with Crippen LogP contribution < -0.4 is 31.6 Å². The Morgan fingerprint density at radius 2 is 0.966 bits per heavy atom. The monoisotopic (exact) mass is 400 g/mol. The topological polar surface area (TPSA) is 70.5 Å². The molecule has 4 N–H and O–H groups in total. The van der Waals surface area contributed by atoms with E-state index < -0.39 is 0 Å². The predicted octanol–water partition coefficient (Wildman–Crippen LogP) is 5.06. The Kier molecular flexibility index (Phi) is 5.64. The standard InChI is InChI=1S/C24H21N2O2P/c25-17-7-5-9-19(15-17)27-21-11-1-3-13-23(21)29-24-14-4-2-12-22(24)28-20-10-6-8-18(26)16-20/h1-16,29H,25-26H2. The summed E-state index contributed by atoms with van der Waals surface area (Å²) in [6, 6.07) is 30.9. The molecule has 0 bridgehead atoms. The van der Waals surface area contributed by atoms with Crippen LogP contribution in [0, 0.1) is 0 Å². The zero-order valence-corrected chi connectivity index (χ0v) is 16.7. The number of hydrogen-bond donors (Lipinski definition) is 2. The van der Waals surface area contributed by atoms with Gasteiger partial charge in [-0.3, -0.25) is 0 Å². The van der Waals surface area contributed by atoms with E-state index >= 15 is 0 Å². The summed E-state index contributed by atoms with van der Waals surface area (Å²) in [6.45, 7) is 0. The molecule has 0 amide bonds. The molecule has 0 atom stereocenters. The molecule has 5 heteroatoms. The molecule has 0 saturated heterocycles. The Morgan fingerprint density at radius 3 is 1.41 bits per heavy atom. The molecule has 0 unspecified atom stereocenters. The van der Waals surface area contributed by atoms with Crippen molar-refractivity contribution in [3.05, 3.63) is 97.1 Å². The van der Waals surface area contributed by atoms with E-state index in [1.807, 2.05) is 84.9 Å². The van der Waals surface area contributed by atoms with Gasteiger partial charge >= 0.3 is 0 Å². The number of para-hydroxylation sites is 2. The van der Waals surface area contributed by atoms with Crippen molar-refractivity contribution in [1.82, 2.24) is 0 Å². The molecule has 4 rings (SSSR count). The molecular weight excluding hydrogens is 379 g/mol. The van der Waals surface area contributed by atoms with E-state index in [0.717, 1.165) is 22.1 Å². The Bertz CT molecular complexity index is 1040. The largest absolute Gasteiger partial charge is 0.457 e. The molecular formula is C24H21N2O2P. The molecule has 0 saturated carbocycles. The van der Waals surface area contributed by atoms with Crippen LogP contribution in [-0.2, 0) is 0 Å². The molecule has 0 fully saturated rings. The third-order valence-electron chi connectivity index (χ3n) is 4.22. The summed E-state index contributed by atoms with van der Waals surface area (Å²) in [5.41, 5.74) is 13.1. The first-order chi connectivity index (χ1) is 14.2. The summed E-state index contributed by atoms with van der Waals surface area (Å²) in [7, 11) is 0.360. The van der Waals surface area contributed by atoms with E-state index in [1.54, 1.807) is 0 Å². The Morgan fingerprint density at radius 1 is 0.517 bits per heavy atom. The number of ether oxygens (including phenoxy) is 2. The third kappa shape index (κ3) is 4.87. The lowest BCUT2D eigenvalue weighted by Crippen LogP contribution is -2.08. The van der Waals surface area contributed by atoms with Gasteiger partial charge in [0.05, 0.1) is 0 Å². The second kappa shape index (κ2) is 8.68. The number of benzene rings is 4. The molecule has 0 aromatic heterocycles. The van der Waals surface area contributed by atoms with Crippen LogP contribution in [-0.4, -0.2) is 0 Å². The fourth-order valence-electron chi connectivity index (χ4n) is 2.87. The van der Waals surface area contributed by atoms with Crippen molar-refractivity contribution in [2.45, 2.75) is 0 Å². The highest BCUT2D eigenvalue weighted by molar-refractivity contribution is 7.56. The quantitative estimate of drug-likeness (QED) is 0.350. The third-order valence-corrected chi connectivity index (χ3v) is 5.58. The lowest BCUT2D eigenvalue weighted by molar-refractivity contribution is 0.486. The van der Waals surface area contributed by atoms with Gasteiger partial charge in [0.25, 0.3) is 0 Å². The number of rotatable bonds is 6. The fourth-order valence-corrected chi connectivity index (χ4v) is 4.04. The molecule has 0 aliphatic rings. The first kappa shape index (κ1) is 18.9. The minimum atomic E-state index is 0.360. The molecule has 4 aromatic carbocycles. The maximum Gasteiger partial charge on any atom is 0.135 e. The Hall–Kier alpha value is -3.49. The maximum atomic E-state index is 6.11. The first-order valence-electron chi connectivity index (χ1n) is 9.19. The molecule has 29 heavy (non-hydrogen) atoms. The normalized spacial score (nSPS) is 10.5. The van der Waals surface area contributed by atoms with E-state index in [2.05, 4.69) is 12.1 Å². The Labute approximate surface area is 171 Å². The van der Waals surface area contributed by atoms with Crippen molar-refractivity contribution in [1.29, 1.82) is 0 Å². The molecule has 0 heterocycles. The summed E-state index contributed by atoms with van der Waals surface area (Å²) in [4.78, 5) is 0. The van der Waals surface area contributed by atoms with Crippen LogP contribution in [0.15, 0.2) is 97.1 Å². The summed E-state index contributed by atoms with van der Waals surface area (Å²) in [6.07, 6.45) is 0. The van der Waals surface area contributed by atoms with Crippen molar-refractivity contribution >= 4 is 30.6 Å².